The fraction of sp³-hybridized carbons (Fsp3) is 0.182. The van der Waals surface area contributed by atoms with Crippen molar-refractivity contribution < 1.29 is 9.53 Å². The molecule has 0 aliphatic heterocycles. The van der Waals surface area contributed by atoms with Crippen molar-refractivity contribution in [3.8, 4) is 5.75 Å². The van der Waals surface area contributed by atoms with Crippen molar-refractivity contribution in [1.29, 1.82) is 0 Å². The molecule has 1 amide bonds. The van der Waals surface area contributed by atoms with Crippen LogP contribution in [0.2, 0.25) is 0 Å². The van der Waals surface area contributed by atoms with Gasteiger partial charge in [0.05, 0.1) is 13.7 Å². The van der Waals surface area contributed by atoms with E-state index >= 15 is 0 Å². The Labute approximate surface area is 154 Å². The summed E-state index contributed by atoms with van der Waals surface area (Å²) < 4.78 is 5.17. The van der Waals surface area contributed by atoms with Crippen molar-refractivity contribution in [1.82, 2.24) is 4.98 Å². The summed E-state index contributed by atoms with van der Waals surface area (Å²) in [5.74, 6) is 1.55. The van der Waals surface area contributed by atoms with Gasteiger partial charge in [0.25, 0.3) is 0 Å². The molecule has 26 heavy (non-hydrogen) atoms. The molecule has 3 aromatic rings. The van der Waals surface area contributed by atoms with Gasteiger partial charge in [-0.2, -0.15) is 0 Å². The van der Waals surface area contributed by atoms with Crippen LogP contribution in [0.1, 0.15) is 17.5 Å². The molecule has 1 aromatic heterocycles. The van der Waals surface area contributed by atoms with Gasteiger partial charge >= 0.3 is 0 Å². The quantitative estimate of drug-likeness (QED) is 0.642. The third-order valence-electron chi connectivity index (χ3n) is 4.20. The fourth-order valence-electron chi connectivity index (χ4n) is 2.75. The number of pyridine rings is 1. The molecule has 0 fully saturated rings. The standard InChI is InChI=1S/C22H22N2O2/c1-26-20-13-10-18(11-14-20)12-15-22(25)24(21-9-5-6-16-23-21)17-19-7-3-2-4-8-19/h2-11,13-14,16H,12,15,17H2,1H3. The number of carbonyl (C=O) groups is 1. The molecule has 0 radical (unpaired) electrons. The van der Waals surface area contributed by atoms with Crippen LogP contribution in [-0.2, 0) is 17.8 Å². The zero-order valence-corrected chi connectivity index (χ0v) is 14.8. The maximum absolute atomic E-state index is 12.9. The average Bonchev–Trinajstić information content (AvgIpc) is 2.72. The van der Waals surface area contributed by atoms with Gasteiger partial charge in [0, 0.05) is 12.6 Å². The number of aryl methyl sites for hydroxylation is 1. The Balaban J connectivity index is 1.71. The molecule has 1 heterocycles. The molecule has 0 saturated carbocycles. The van der Waals surface area contributed by atoms with E-state index in [9.17, 15) is 4.79 Å². The second-order valence-electron chi connectivity index (χ2n) is 6.00. The van der Waals surface area contributed by atoms with Crippen molar-refractivity contribution in [3.63, 3.8) is 0 Å². The number of benzene rings is 2. The number of rotatable bonds is 7. The monoisotopic (exact) mass is 346 g/mol. The highest BCUT2D eigenvalue weighted by Crippen LogP contribution is 2.17. The minimum atomic E-state index is 0.0587. The lowest BCUT2D eigenvalue weighted by molar-refractivity contribution is -0.118. The largest absolute Gasteiger partial charge is 0.497 e. The summed E-state index contributed by atoms with van der Waals surface area (Å²) >= 11 is 0. The third kappa shape index (κ3) is 4.70. The number of amides is 1. The van der Waals surface area contributed by atoms with Gasteiger partial charge in [0.15, 0.2) is 0 Å². The van der Waals surface area contributed by atoms with E-state index < -0.39 is 0 Å². The normalized spacial score (nSPS) is 10.3. The van der Waals surface area contributed by atoms with Gasteiger partial charge < -0.3 is 4.74 Å². The number of carbonyl (C=O) groups excluding carboxylic acids is 1. The Kier molecular flexibility index (Phi) is 5.99. The Morgan fingerprint density at radius 3 is 2.31 bits per heavy atom. The summed E-state index contributed by atoms with van der Waals surface area (Å²) in [5, 5.41) is 0. The zero-order chi connectivity index (χ0) is 18.2. The van der Waals surface area contributed by atoms with Crippen LogP contribution in [0, 0.1) is 0 Å². The van der Waals surface area contributed by atoms with E-state index in [1.54, 1.807) is 18.2 Å². The minimum absolute atomic E-state index is 0.0587. The molecule has 2 aromatic carbocycles. The van der Waals surface area contributed by atoms with E-state index in [4.69, 9.17) is 4.74 Å². The Hall–Kier alpha value is -3.14. The Morgan fingerprint density at radius 1 is 0.923 bits per heavy atom. The molecule has 4 nitrogen and oxygen atoms in total. The predicted molar refractivity (Wildman–Crippen MR) is 103 cm³/mol. The predicted octanol–water partition coefficient (Wildman–Crippen LogP) is 4.26. The number of hydrogen-bond acceptors (Lipinski definition) is 3. The first-order chi connectivity index (χ1) is 12.8. The van der Waals surface area contributed by atoms with Crippen molar-refractivity contribution >= 4 is 11.7 Å². The van der Waals surface area contributed by atoms with Gasteiger partial charge in [0.2, 0.25) is 5.91 Å². The van der Waals surface area contributed by atoms with Gasteiger partial charge in [0.1, 0.15) is 11.6 Å². The van der Waals surface area contributed by atoms with Crippen LogP contribution < -0.4 is 9.64 Å². The Bertz CT molecular complexity index is 818. The Morgan fingerprint density at radius 2 is 1.65 bits per heavy atom. The van der Waals surface area contributed by atoms with E-state index in [-0.39, 0.29) is 5.91 Å². The fourth-order valence-corrected chi connectivity index (χ4v) is 2.75. The van der Waals surface area contributed by atoms with Crippen LogP contribution in [0.3, 0.4) is 0 Å². The molecule has 0 bridgehead atoms. The molecule has 0 aliphatic carbocycles. The first-order valence-corrected chi connectivity index (χ1v) is 8.64. The molecule has 0 N–H and O–H groups in total. The van der Waals surface area contributed by atoms with Gasteiger partial charge in [-0.1, -0.05) is 48.5 Å². The number of anilines is 1. The summed E-state index contributed by atoms with van der Waals surface area (Å²) in [4.78, 5) is 19.0. The van der Waals surface area contributed by atoms with Crippen LogP contribution in [0.5, 0.6) is 5.75 Å². The lowest BCUT2D eigenvalue weighted by Gasteiger charge is -2.22. The second-order valence-corrected chi connectivity index (χ2v) is 6.00. The van der Waals surface area contributed by atoms with Crippen LogP contribution in [-0.4, -0.2) is 18.0 Å². The summed E-state index contributed by atoms with van der Waals surface area (Å²) in [5.41, 5.74) is 2.19. The first kappa shape index (κ1) is 17.7. The van der Waals surface area contributed by atoms with Gasteiger partial charge in [-0.25, -0.2) is 4.98 Å². The molecule has 0 aliphatic rings. The number of methoxy groups -OCH3 is 1. The van der Waals surface area contributed by atoms with E-state index in [1.165, 1.54) is 0 Å². The van der Waals surface area contributed by atoms with Crippen molar-refractivity contribution in [3.05, 3.63) is 90.1 Å². The minimum Gasteiger partial charge on any atom is -0.497 e. The second kappa shape index (κ2) is 8.81. The smallest absolute Gasteiger partial charge is 0.228 e. The molecule has 0 atom stereocenters. The summed E-state index contributed by atoms with van der Waals surface area (Å²) in [6.45, 7) is 0.513. The number of ether oxygens (including phenoxy) is 1. The van der Waals surface area contributed by atoms with E-state index in [1.807, 2.05) is 72.8 Å². The summed E-state index contributed by atoms with van der Waals surface area (Å²) in [6, 6.07) is 23.4. The SMILES string of the molecule is COc1ccc(CCC(=O)N(Cc2ccccc2)c2ccccn2)cc1. The van der Waals surface area contributed by atoms with Crippen molar-refractivity contribution in [2.45, 2.75) is 19.4 Å². The lowest BCUT2D eigenvalue weighted by Crippen LogP contribution is -2.31. The third-order valence-corrected chi connectivity index (χ3v) is 4.20. The number of hydrogen-bond donors (Lipinski definition) is 0. The van der Waals surface area contributed by atoms with Crippen LogP contribution in [0.4, 0.5) is 5.82 Å². The van der Waals surface area contributed by atoms with Gasteiger partial charge in [-0.15, -0.1) is 0 Å². The molecule has 0 unspecified atom stereocenters. The molecule has 4 heteroatoms. The van der Waals surface area contributed by atoms with Crippen molar-refractivity contribution in [2.75, 3.05) is 12.0 Å². The molecular weight excluding hydrogens is 324 g/mol. The molecule has 3 rings (SSSR count). The molecule has 0 spiro atoms. The van der Waals surface area contributed by atoms with Crippen molar-refractivity contribution in [2.24, 2.45) is 0 Å². The topological polar surface area (TPSA) is 42.4 Å². The maximum Gasteiger partial charge on any atom is 0.228 e. The maximum atomic E-state index is 12.9. The van der Waals surface area contributed by atoms with Crippen LogP contribution in [0.15, 0.2) is 79.0 Å². The summed E-state index contributed by atoms with van der Waals surface area (Å²) in [7, 11) is 1.65. The summed E-state index contributed by atoms with van der Waals surface area (Å²) in [6.07, 6.45) is 2.82. The highest BCUT2D eigenvalue weighted by atomic mass is 16.5. The van der Waals surface area contributed by atoms with E-state index in [0.29, 0.717) is 25.2 Å². The zero-order valence-electron chi connectivity index (χ0n) is 14.8. The van der Waals surface area contributed by atoms with Crippen LogP contribution in [0.25, 0.3) is 0 Å². The van der Waals surface area contributed by atoms with Gasteiger partial charge in [-0.3, -0.25) is 9.69 Å². The number of nitrogens with zero attached hydrogens (tertiary/aromatic N) is 2. The highest BCUT2D eigenvalue weighted by Gasteiger charge is 2.17. The van der Waals surface area contributed by atoms with E-state index in [0.717, 1.165) is 16.9 Å². The first-order valence-electron chi connectivity index (χ1n) is 8.64. The molecule has 132 valence electrons. The van der Waals surface area contributed by atoms with Gasteiger partial charge in [-0.05, 0) is 41.8 Å². The van der Waals surface area contributed by atoms with Crippen LogP contribution >= 0.6 is 0 Å². The highest BCUT2D eigenvalue weighted by molar-refractivity contribution is 5.92. The van der Waals surface area contributed by atoms with E-state index in [2.05, 4.69) is 4.98 Å². The average molecular weight is 346 g/mol. The molecule has 0 saturated heterocycles. The number of aromatic nitrogens is 1. The lowest BCUT2D eigenvalue weighted by atomic mass is 10.1. The molecular formula is C22H22N2O2.